The van der Waals surface area contributed by atoms with Crippen LogP contribution in [0.5, 0.6) is 0 Å². The Morgan fingerprint density at radius 2 is 2.20 bits per heavy atom. The first-order valence-corrected chi connectivity index (χ1v) is 3.45. The number of hydrogen-bond donors (Lipinski definition) is 2. The Labute approximate surface area is 68.4 Å². The van der Waals surface area contributed by atoms with Crippen molar-refractivity contribution in [2.75, 3.05) is 0 Å². The third-order valence-corrected chi connectivity index (χ3v) is 1.78. The molecule has 56 valence electrons. The summed E-state index contributed by atoms with van der Waals surface area (Å²) in [6.07, 6.45) is 2.66. The van der Waals surface area contributed by atoms with Gasteiger partial charge in [-0.1, -0.05) is 23.2 Å². The molecular formula is C6H6Cl2O2. The van der Waals surface area contributed by atoms with Gasteiger partial charge >= 0.3 is 0 Å². The number of aliphatic hydroxyl groups excluding tert-OH is 1. The maximum atomic E-state index is 9.09. The maximum absolute atomic E-state index is 9.09. The lowest BCUT2D eigenvalue weighted by molar-refractivity contribution is 0.159. The Bertz CT molecular complexity index is 206. The Kier molecular flexibility index (Phi) is 1.95. The van der Waals surface area contributed by atoms with E-state index < -0.39 is 5.06 Å². The van der Waals surface area contributed by atoms with E-state index in [0.29, 0.717) is 0 Å². The first-order chi connectivity index (χ1) is 4.51. The van der Waals surface area contributed by atoms with Crippen LogP contribution in [0, 0.1) is 0 Å². The van der Waals surface area contributed by atoms with E-state index in [1.807, 2.05) is 0 Å². The van der Waals surface area contributed by atoms with E-state index in [1.165, 1.54) is 12.2 Å². The normalized spacial score (nSPS) is 33.1. The molecule has 1 unspecified atom stereocenters. The molecular weight excluding hydrogens is 175 g/mol. The molecule has 0 heterocycles. The van der Waals surface area contributed by atoms with Crippen molar-refractivity contribution < 1.29 is 10.2 Å². The third-order valence-electron chi connectivity index (χ3n) is 1.18. The van der Waals surface area contributed by atoms with Crippen LogP contribution >= 0.6 is 23.2 Å². The van der Waals surface area contributed by atoms with Gasteiger partial charge in [0.25, 0.3) is 0 Å². The molecule has 2 nitrogen and oxygen atoms in total. The molecule has 1 rings (SSSR count). The van der Waals surface area contributed by atoms with Gasteiger partial charge in [-0.3, -0.25) is 0 Å². The van der Waals surface area contributed by atoms with Gasteiger partial charge in [-0.15, -0.1) is 0 Å². The number of alkyl halides is 1. The summed E-state index contributed by atoms with van der Waals surface area (Å²) in [4.78, 5) is 0. The number of aliphatic hydroxyl groups is 2. The zero-order chi connectivity index (χ0) is 7.78. The van der Waals surface area contributed by atoms with Crippen LogP contribution in [0.25, 0.3) is 0 Å². The van der Waals surface area contributed by atoms with Crippen LogP contribution in [0.15, 0.2) is 22.9 Å². The average Bonchev–Trinajstić information content (AvgIpc) is 1.79. The van der Waals surface area contributed by atoms with Crippen LogP contribution < -0.4 is 0 Å². The van der Waals surface area contributed by atoms with Crippen molar-refractivity contribution in [1.82, 2.24) is 0 Å². The third kappa shape index (κ3) is 1.66. The van der Waals surface area contributed by atoms with Gasteiger partial charge in [-0.2, -0.15) is 0 Å². The molecule has 0 bridgehead atoms. The first kappa shape index (κ1) is 7.92. The molecule has 0 radical (unpaired) electrons. The lowest BCUT2D eigenvalue weighted by Crippen LogP contribution is -2.20. The summed E-state index contributed by atoms with van der Waals surface area (Å²) >= 11 is 10.9. The van der Waals surface area contributed by atoms with E-state index in [2.05, 4.69) is 0 Å². The van der Waals surface area contributed by atoms with E-state index in [1.54, 1.807) is 0 Å². The fourth-order valence-corrected chi connectivity index (χ4v) is 0.995. The van der Waals surface area contributed by atoms with Crippen LogP contribution in [-0.2, 0) is 0 Å². The van der Waals surface area contributed by atoms with Gasteiger partial charge in [0, 0.05) is 0 Å². The Hall–Kier alpha value is -0.180. The topological polar surface area (TPSA) is 40.5 Å². The zero-order valence-electron chi connectivity index (χ0n) is 5.01. The quantitative estimate of drug-likeness (QED) is 0.560. The predicted molar refractivity (Wildman–Crippen MR) is 40.1 cm³/mol. The molecule has 0 aliphatic heterocycles. The van der Waals surface area contributed by atoms with Gasteiger partial charge < -0.3 is 10.2 Å². The molecule has 1 aliphatic carbocycles. The maximum Gasteiger partial charge on any atom is 0.164 e. The number of allylic oxidation sites excluding steroid dienone is 2. The largest absolute Gasteiger partial charge is 0.511 e. The van der Waals surface area contributed by atoms with Gasteiger partial charge in [0.1, 0.15) is 5.76 Å². The molecule has 0 fully saturated rings. The summed E-state index contributed by atoms with van der Waals surface area (Å²) in [7, 11) is 0. The van der Waals surface area contributed by atoms with Gasteiger partial charge in [-0.25, -0.2) is 0 Å². The summed E-state index contributed by atoms with van der Waals surface area (Å²) in [6, 6.07) is 0. The predicted octanol–water partition coefficient (Wildman–Crippen LogP) is 1.88. The average molecular weight is 181 g/mol. The molecule has 0 amide bonds. The summed E-state index contributed by atoms with van der Waals surface area (Å²) in [6.45, 7) is 0. The highest BCUT2D eigenvalue weighted by atomic mass is 35.5. The fourth-order valence-electron chi connectivity index (χ4n) is 0.675. The SMILES string of the molecule is OC1=C(Cl)C=CC(O)(Cl)C1. The summed E-state index contributed by atoms with van der Waals surface area (Å²) in [5.74, 6) is -0.0818. The fraction of sp³-hybridized carbons (Fsp3) is 0.333. The molecule has 1 aliphatic rings. The van der Waals surface area contributed by atoms with Gasteiger partial charge in [-0.05, 0) is 12.2 Å². The minimum Gasteiger partial charge on any atom is -0.511 e. The number of halogens is 2. The molecule has 0 saturated carbocycles. The van der Waals surface area contributed by atoms with Gasteiger partial charge in [0.2, 0.25) is 0 Å². The van der Waals surface area contributed by atoms with E-state index >= 15 is 0 Å². The van der Waals surface area contributed by atoms with Crippen molar-refractivity contribution >= 4 is 23.2 Å². The standard InChI is InChI=1S/C6H6Cl2O2/c7-4-1-2-6(8,10)3-5(4)9/h1-2,9-10H,3H2. The summed E-state index contributed by atoms with van der Waals surface area (Å²) in [5, 5.41) is 16.8. The Morgan fingerprint density at radius 3 is 2.60 bits per heavy atom. The highest BCUT2D eigenvalue weighted by molar-refractivity contribution is 6.32. The first-order valence-electron chi connectivity index (χ1n) is 2.69. The molecule has 0 spiro atoms. The van der Waals surface area contributed by atoms with Crippen LogP contribution in [0.3, 0.4) is 0 Å². The van der Waals surface area contributed by atoms with E-state index in [9.17, 15) is 0 Å². The van der Waals surface area contributed by atoms with Crippen LogP contribution in [0.1, 0.15) is 6.42 Å². The van der Waals surface area contributed by atoms with Crippen LogP contribution in [0.4, 0.5) is 0 Å². The monoisotopic (exact) mass is 180 g/mol. The highest BCUT2D eigenvalue weighted by Crippen LogP contribution is 2.29. The van der Waals surface area contributed by atoms with Crippen molar-refractivity contribution in [1.29, 1.82) is 0 Å². The van der Waals surface area contributed by atoms with Gasteiger partial charge in [0.05, 0.1) is 11.5 Å². The minimum atomic E-state index is -1.47. The molecule has 2 N–H and O–H groups in total. The van der Waals surface area contributed by atoms with E-state index in [0.717, 1.165) is 0 Å². The minimum absolute atomic E-state index is 0.0378. The molecule has 1 atom stereocenters. The molecule has 10 heavy (non-hydrogen) atoms. The van der Waals surface area contributed by atoms with Crippen LogP contribution in [0.2, 0.25) is 0 Å². The molecule has 0 saturated heterocycles. The number of rotatable bonds is 0. The number of hydrogen-bond acceptors (Lipinski definition) is 2. The van der Waals surface area contributed by atoms with Crippen LogP contribution in [-0.4, -0.2) is 15.3 Å². The van der Waals surface area contributed by atoms with Crippen molar-refractivity contribution in [3.05, 3.63) is 22.9 Å². The second-order valence-electron chi connectivity index (χ2n) is 2.12. The summed E-state index contributed by atoms with van der Waals surface area (Å²) < 4.78 is 0. The lowest BCUT2D eigenvalue weighted by atomic mass is 10.1. The Morgan fingerprint density at radius 1 is 1.60 bits per heavy atom. The van der Waals surface area contributed by atoms with E-state index in [4.69, 9.17) is 33.4 Å². The molecule has 0 aromatic carbocycles. The van der Waals surface area contributed by atoms with Gasteiger partial charge in [0.15, 0.2) is 5.06 Å². The van der Waals surface area contributed by atoms with Crippen molar-refractivity contribution in [2.24, 2.45) is 0 Å². The molecule has 4 heteroatoms. The van der Waals surface area contributed by atoms with Crippen molar-refractivity contribution in [3.8, 4) is 0 Å². The molecule has 0 aromatic rings. The molecule has 0 aromatic heterocycles. The van der Waals surface area contributed by atoms with Crippen molar-refractivity contribution in [2.45, 2.75) is 11.5 Å². The lowest BCUT2D eigenvalue weighted by Gasteiger charge is -2.19. The van der Waals surface area contributed by atoms with Crippen molar-refractivity contribution in [3.63, 3.8) is 0 Å². The van der Waals surface area contributed by atoms with E-state index in [-0.39, 0.29) is 17.2 Å². The summed E-state index contributed by atoms with van der Waals surface area (Å²) in [5.41, 5.74) is 0. The highest BCUT2D eigenvalue weighted by Gasteiger charge is 2.25. The Balaban J connectivity index is 2.85. The zero-order valence-corrected chi connectivity index (χ0v) is 6.52. The smallest absolute Gasteiger partial charge is 0.164 e. The second-order valence-corrected chi connectivity index (χ2v) is 3.19. The second kappa shape index (κ2) is 2.46.